The van der Waals surface area contributed by atoms with Crippen molar-refractivity contribution in [1.29, 1.82) is 0 Å². The molecule has 1 saturated heterocycles. The number of rotatable bonds is 3. The number of fused-ring (bicyclic) bond motifs is 1. The molecule has 0 aliphatic carbocycles. The van der Waals surface area contributed by atoms with Crippen molar-refractivity contribution in [2.75, 3.05) is 0 Å². The van der Waals surface area contributed by atoms with Crippen molar-refractivity contribution in [1.82, 2.24) is 5.32 Å². The third-order valence-corrected chi connectivity index (χ3v) is 4.62. The first-order valence-electron chi connectivity index (χ1n) is 7.77. The number of carbonyl (C=O) groups is 1. The molecule has 2 heterocycles. The molecule has 0 spiro atoms. The molecule has 1 fully saturated rings. The molecule has 1 aliphatic rings. The van der Waals surface area contributed by atoms with Crippen LogP contribution in [0.25, 0.3) is 16.8 Å². The fraction of sp³-hybridized carbons (Fsp3) is 0. The first kappa shape index (κ1) is 15.5. The summed E-state index contributed by atoms with van der Waals surface area (Å²) in [6, 6.07) is 17.7. The number of hydrogen-bond acceptors (Lipinski definition) is 4. The molecule has 122 valence electrons. The van der Waals surface area contributed by atoms with Gasteiger partial charge >= 0.3 is 0 Å². The third kappa shape index (κ3) is 3.41. The van der Waals surface area contributed by atoms with Gasteiger partial charge in [-0.3, -0.25) is 4.79 Å². The van der Waals surface area contributed by atoms with E-state index < -0.39 is 0 Å². The van der Waals surface area contributed by atoms with Crippen LogP contribution in [0, 0.1) is 0 Å². The summed E-state index contributed by atoms with van der Waals surface area (Å²) in [6.07, 6.45) is 6.97. The highest BCUT2D eigenvalue weighted by molar-refractivity contribution is 8.18. The molecule has 3 aromatic rings. The summed E-state index contributed by atoms with van der Waals surface area (Å²) in [5, 5.41) is 5.57. The zero-order valence-electron chi connectivity index (χ0n) is 13.2. The van der Waals surface area contributed by atoms with E-state index in [-0.39, 0.29) is 5.91 Å². The number of benzene rings is 2. The quantitative estimate of drug-likeness (QED) is 0.688. The van der Waals surface area contributed by atoms with Crippen molar-refractivity contribution in [3.8, 4) is 0 Å². The van der Waals surface area contributed by atoms with Crippen molar-refractivity contribution in [2.45, 2.75) is 0 Å². The largest absolute Gasteiger partial charge is 0.465 e. The Hall–Kier alpha value is -3.05. The van der Waals surface area contributed by atoms with Gasteiger partial charge in [0.25, 0.3) is 5.91 Å². The van der Waals surface area contributed by atoms with E-state index in [1.807, 2.05) is 54.6 Å². The molecule has 1 aromatic heterocycles. The number of nitrogens with one attached hydrogen (secondary N) is 1. The molecule has 4 rings (SSSR count). The van der Waals surface area contributed by atoms with Crippen LogP contribution in [0.15, 0.2) is 87.3 Å². The van der Waals surface area contributed by atoms with Crippen LogP contribution < -0.4 is 5.32 Å². The summed E-state index contributed by atoms with van der Waals surface area (Å²) in [6.45, 7) is 0. The summed E-state index contributed by atoms with van der Waals surface area (Å²) in [7, 11) is 0. The van der Waals surface area contributed by atoms with Gasteiger partial charge in [0, 0.05) is 5.39 Å². The molecule has 0 radical (unpaired) electrons. The lowest BCUT2D eigenvalue weighted by Gasteiger charge is -2.02. The highest BCUT2D eigenvalue weighted by Crippen LogP contribution is 2.30. The van der Waals surface area contributed by atoms with Crippen molar-refractivity contribution in [2.24, 2.45) is 4.99 Å². The van der Waals surface area contributed by atoms with Gasteiger partial charge in [-0.25, -0.2) is 4.99 Å². The molecule has 1 aliphatic heterocycles. The SMILES string of the molecule is O=C1NC(=Nc2cccc3ccccc23)SC1=CC=Cc1ccco1. The van der Waals surface area contributed by atoms with E-state index in [0.29, 0.717) is 10.1 Å². The fourth-order valence-corrected chi connectivity index (χ4v) is 3.31. The number of amides is 1. The van der Waals surface area contributed by atoms with E-state index in [0.717, 1.165) is 22.2 Å². The van der Waals surface area contributed by atoms with Crippen LogP contribution in [-0.2, 0) is 4.79 Å². The van der Waals surface area contributed by atoms with E-state index in [9.17, 15) is 4.79 Å². The molecule has 0 unspecified atom stereocenters. The lowest BCUT2D eigenvalue weighted by Crippen LogP contribution is -2.19. The van der Waals surface area contributed by atoms with Crippen LogP contribution in [0.5, 0.6) is 0 Å². The zero-order valence-corrected chi connectivity index (χ0v) is 14.0. The Morgan fingerprint density at radius 3 is 2.80 bits per heavy atom. The third-order valence-electron chi connectivity index (χ3n) is 3.69. The van der Waals surface area contributed by atoms with Crippen LogP contribution in [0.4, 0.5) is 5.69 Å². The second-order valence-electron chi connectivity index (χ2n) is 5.38. The summed E-state index contributed by atoms with van der Waals surface area (Å²) in [4.78, 5) is 17.3. The van der Waals surface area contributed by atoms with Crippen molar-refractivity contribution >= 4 is 45.4 Å². The molecule has 25 heavy (non-hydrogen) atoms. The van der Waals surface area contributed by atoms with E-state index in [2.05, 4.69) is 10.3 Å². The Kier molecular flexibility index (Phi) is 4.23. The lowest BCUT2D eigenvalue weighted by molar-refractivity contribution is -0.115. The average molecular weight is 346 g/mol. The van der Waals surface area contributed by atoms with Crippen LogP contribution in [0.2, 0.25) is 0 Å². The standard InChI is InChI=1S/C20H14N2O2S/c23-19-18(12-4-8-15-9-5-13-24-15)25-20(22-19)21-17-11-3-7-14-6-1-2-10-16(14)17/h1-13H,(H,21,22,23). The van der Waals surface area contributed by atoms with E-state index in [1.165, 1.54) is 11.8 Å². The number of carbonyl (C=O) groups excluding carboxylic acids is 1. The number of amidine groups is 1. The Morgan fingerprint density at radius 1 is 1.04 bits per heavy atom. The van der Waals surface area contributed by atoms with Gasteiger partial charge in [-0.2, -0.15) is 0 Å². The van der Waals surface area contributed by atoms with Gasteiger partial charge in [0.2, 0.25) is 0 Å². The minimum Gasteiger partial charge on any atom is -0.465 e. The maximum atomic E-state index is 12.1. The maximum Gasteiger partial charge on any atom is 0.264 e. The van der Waals surface area contributed by atoms with E-state index in [4.69, 9.17) is 4.42 Å². The maximum absolute atomic E-state index is 12.1. The first-order chi connectivity index (χ1) is 12.3. The van der Waals surface area contributed by atoms with Gasteiger partial charge in [0.1, 0.15) is 5.76 Å². The number of hydrogen-bond donors (Lipinski definition) is 1. The van der Waals surface area contributed by atoms with Crippen LogP contribution in [0.3, 0.4) is 0 Å². The van der Waals surface area contributed by atoms with Crippen LogP contribution in [0.1, 0.15) is 5.76 Å². The Balaban J connectivity index is 1.58. The normalized spacial score (nSPS) is 17.8. The van der Waals surface area contributed by atoms with Crippen molar-refractivity contribution < 1.29 is 9.21 Å². The number of aliphatic imine (C=N–C) groups is 1. The minimum atomic E-state index is -0.145. The van der Waals surface area contributed by atoms with Crippen LogP contribution >= 0.6 is 11.8 Å². The second-order valence-corrected chi connectivity index (χ2v) is 6.41. The summed E-state index contributed by atoms with van der Waals surface area (Å²) >= 11 is 1.33. The second kappa shape index (κ2) is 6.83. The smallest absolute Gasteiger partial charge is 0.264 e. The summed E-state index contributed by atoms with van der Waals surface area (Å²) in [5.74, 6) is 0.595. The molecular weight excluding hydrogens is 332 g/mol. The lowest BCUT2D eigenvalue weighted by atomic mass is 10.1. The number of thioether (sulfide) groups is 1. The minimum absolute atomic E-state index is 0.145. The Bertz CT molecular complexity index is 1010. The zero-order chi connectivity index (χ0) is 17.1. The van der Waals surface area contributed by atoms with Crippen molar-refractivity contribution in [3.63, 3.8) is 0 Å². The van der Waals surface area contributed by atoms with E-state index in [1.54, 1.807) is 24.5 Å². The Morgan fingerprint density at radius 2 is 1.92 bits per heavy atom. The van der Waals surface area contributed by atoms with Crippen molar-refractivity contribution in [3.05, 3.63) is 83.7 Å². The predicted octanol–water partition coefficient (Wildman–Crippen LogP) is 4.88. The number of furan rings is 1. The molecule has 0 bridgehead atoms. The van der Waals surface area contributed by atoms with Gasteiger partial charge in [0.15, 0.2) is 5.17 Å². The first-order valence-corrected chi connectivity index (χ1v) is 8.59. The molecule has 0 atom stereocenters. The molecule has 1 N–H and O–H groups in total. The Labute approximate surface area is 148 Å². The highest BCUT2D eigenvalue weighted by Gasteiger charge is 2.23. The summed E-state index contributed by atoms with van der Waals surface area (Å²) < 4.78 is 5.22. The molecular formula is C20H14N2O2S. The molecule has 1 amide bonds. The van der Waals surface area contributed by atoms with Gasteiger partial charge in [0.05, 0.1) is 16.9 Å². The van der Waals surface area contributed by atoms with Gasteiger partial charge in [-0.1, -0.05) is 42.5 Å². The topological polar surface area (TPSA) is 54.6 Å². The van der Waals surface area contributed by atoms with Crippen LogP contribution in [-0.4, -0.2) is 11.1 Å². The van der Waals surface area contributed by atoms with Gasteiger partial charge < -0.3 is 9.73 Å². The van der Waals surface area contributed by atoms with E-state index >= 15 is 0 Å². The molecule has 2 aromatic carbocycles. The molecule has 4 nitrogen and oxygen atoms in total. The molecule has 5 heteroatoms. The van der Waals surface area contributed by atoms with Gasteiger partial charge in [-0.15, -0.1) is 0 Å². The number of nitrogens with zero attached hydrogens (tertiary/aromatic N) is 1. The molecule has 0 saturated carbocycles. The summed E-state index contributed by atoms with van der Waals surface area (Å²) in [5.41, 5.74) is 0.841. The highest BCUT2D eigenvalue weighted by atomic mass is 32.2. The number of allylic oxidation sites excluding steroid dienone is 2. The monoisotopic (exact) mass is 346 g/mol. The average Bonchev–Trinajstić information content (AvgIpc) is 3.26. The van der Waals surface area contributed by atoms with Gasteiger partial charge in [-0.05, 0) is 47.5 Å². The predicted molar refractivity (Wildman–Crippen MR) is 103 cm³/mol. The fourth-order valence-electron chi connectivity index (χ4n) is 2.53.